The molecule has 3 rings (SSSR count). The van der Waals surface area contributed by atoms with Gasteiger partial charge in [-0.2, -0.15) is 0 Å². The minimum absolute atomic E-state index is 0.145. The topological polar surface area (TPSA) is 86.9 Å². The Bertz CT molecular complexity index is 920. The standard InChI is InChI=1S/C18H16N4O2/c1-12(23)20-15-9-5-6-13(10-15)16-11-19-18(24)17(22-16)21-14-7-3-2-4-8-14/h2-11H,1H3,(H,19,24)(H,20,23)(H,21,22). The van der Waals surface area contributed by atoms with Crippen molar-refractivity contribution in [3.05, 3.63) is 71.1 Å². The van der Waals surface area contributed by atoms with Gasteiger partial charge in [-0.15, -0.1) is 0 Å². The third-order valence-corrected chi connectivity index (χ3v) is 3.30. The molecule has 6 heteroatoms. The first-order chi connectivity index (χ1) is 11.6. The third kappa shape index (κ3) is 3.67. The maximum absolute atomic E-state index is 12.0. The van der Waals surface area contributed by atoms with E-state index in [1.165, 1.54) is 6.92 Å². The van der Waals surface area contributed by atoms with Crippen molar-refractivity contribution in [2.75, 3.05) is 10.6 Å². The normalized spacial score (nSPS) is 10.2. The predicted octanol–water partition coefficient (Wildman–Crippen LogP) is 3.14. The molecular weight excluding hydrogens is 304 g/mol. The van der Waals surface area contributed by atoms with E-state index in [-0.39, 0.29) is 17.3 Å². The highest BCUT2D eigenvalue weighted by Gasteiger charge is 2.07. The fraction of sp³-hybridized carbons (Fsp3) is 0.0556. The van der Waals surface area contributed by atoms with Crippen LogP contribution in [0.15, 0.2) is 65.6 Å². The van der Waals surface area contributed by atoms with Gasteiger partial charge < -0.3 is 15.6 Å². The molecule has 0 radical (unpaired) electrons. The molecule has 0 atom stereocenters. The summed E-state index contributed by atoms with van der Waals surface area (Å²) in [5.74, 6) is 0.0663. The fourth-order valence-corrected chi connectivity index (χ4v) is 2.26. The van der Waals surface area contributed by atoms with E-state index < -0.39 is 0 Å². The van der Waals surface area contributed by atoms with E-state index in [9.17, 15) is 9.59 Å². The molecule has 1 heterocycles. The zero-order chi connectivity index (χ0) is 16.9. The molecule has 0 unspecified atom stereocenters. The Morgan fingerprint density at radius 2 is 1.79 bits per heavy atom. The zero-order valence-electron chi connectivity index (χ0n) is 13.0. The summed E-state index contributed by atoms with van der Waals surface area (Å²) >= 11 is 0. The van der Waals surface area contributed by atoms with Gasteiger partial charge in [0.2, 0.25) is 5.91 Å². The highest BCUT2D eigenvalue weighted by atomic mass is 16.1. The highest BCUT2D eigenvalue weighted by Crippen LogP contribution is 2.21. The number of aromatic nitrogens is 2. The lowest BCUT2D eigenvalue weighted by atomic mass is 10.1. The smallest absolute Gasteiger partial charge is 0.291 e. The summed E-state index contributed by atoms with van der Waals surface area (Å²) in [4.78, 5) is 30.2. The second kappa shape index (κ2) is 6.78. The van der Waals surface area contributed by atoms with Crippen molar-refractivity contribution in [3.63, 3.8) is 0 Å². The quantitative estimate of drug-likeness (QED) is 0.689. The minimum Gasteiger partial charge on any atom is -0.336 e. The maximum Gasteiger partial charge on any atom is 0.291 e. The van der Waals surface area contributed by atoms with Crippen LogP contribution in [0.4, 0.5) is 17.2 Å². The van der Waals surface area contributed by atoms with Gasteiger partial charge in [-0.1, -0.05) is 30.3 Å². The molecule has 3 aromatic rings. The number of nitrogens with zero attached hydrogens (tertiary/aromatic N) is 1. The molecule has 1 amide bonds. The van der Waals surface area contributed by atoms with Gasteiger partial charge in [0.25, 0.3) is 5.56 Å². The molecule has 0 aliphatic carbocycles. The number of carbonyl (C=O) groups excluding carboxylic acids is 1. The van der Waals surface area contributed by atoms with E-state index in [4.69, 9.17) is 0 Å². The Hall–Kier alpha value is -3.41. The highest BCUT2D eigenvalue weighted by molar-refractivity contribution is 5.89. The number of rotatable bonds is 4. The van der Waals surface area contributed by atoms with Crippen LogP contribution in [0.3, 0.4) is 0 Å². The predicted molar refractivity (Wildman–Crippen MR) is 94.3 cm³/mol. The summed E-state index contributed by atoms with van der Waals surface area (Å²) in [5.41, 5.74) is 2.53. The number of amides is 1. The van der Waals surface area contributed by atoms with Crippen molar-refractivity contribution in [3.8, 4) is 11.3 Å². The minimum atomic E-state index is -0.305. The number of anilines is 3. The Morgan fingerprint density at radius 1 is 1.04 bits per heavy atom. The number of benzene rings is 2. The molecule has 0 aliphatic rings. The van der Waals surface area contributed by atoms with Crippen LogP contribution in [0.2, 0.25) is 0 Å². The van der Waals surface area contributed by atoms with E-state index >= 15 is 0 Å². The van der Waals surface area contributed by atoms with Crippen molar-refractivity contribution in [2.24, 2.45) is 0 Å². The second-order valence-corrected chi connectivity index (χ2v) is 5.22. The summed E-state index contributed by atoms with van der Waals surface area (Å²) in [6.07, 6.45) is 1.55. The number of hydrogen-bond donors (Lipinski definition) is 3. The molecule has 120 valence electrons. The van der Waals surface area contributed by atoms with Gasteiger partial charge in [-0.25, -0.2) is 4.98 Å². The zero-order valence-corrected chi connectivity index (χ0v) is 13.0. The van der Waals surface area contributed by atoms with Crippen molar-refractivity contribution >= 4 is 23.1 Å². The first-order valence-corrected chi connectivity index (χ1v) is 7.41. The number of aromatic amines is 1. The Kier molecular flexibility index (Phi) is 4.38. The molecule has 1 aromatic heterocycles. The molecule has 0 saturated carbocycles. The van der Waals surface area contributed by atoms with Gasteiger partial charge in [0.05, 0.1) is 5.69 Å². The van der Waals surface area contributed by atoms with E-state index in [1.54, 1.807) is 18.3 Å². The third-order valence-electron chi connectivity index (χ3n) is 3.30. The molecule has 0 bridgehead atoms. The lowest BCUT2D eigenvalue weighted by Crippen LogP contribution is -2.13. The summed E-state index contributed by atoms with van der Waals surface area (Å²) in [6, 6.07) is 16.6. The molecule has 2 aromatic carbocycles. The Labute approximate surface area is 138 Å². The largest absolute Gasteiger partial charge is 0.336 e. The molecule has 24 heavy (non-hydrogen) atoms. The van der Waals surface area contributed by atoms with E-state index in [1.807, 2.05) is 42.5 Å². The molecule has 0 fully saturated rings. The van der Waals surface area contributed by atoms with Gasteiger partial charge >= 0.3 is 0 Å². The van der Waals surface area contributed by atoms with Crippen LogP contribution in [-0.2, 0) is 4.79 Å². The summed E-state index contributed by atoms with van der Waals surface area (Å²) in [6.45, 7) is 1.45. The van der Waals surface area contributed by atoms with Gasteiger partial charge in [-0.3, -0.25) is 9.59 Å². The van der Waals surface area contributed by atoms with E-state index in [2.05, 4.69) is 20.6 Å². The summed E-state index contributed by atoms with van der Waals surface area (Å²) < 4.78 is 0. The van der Waals surface area contributed by atoms with Crippen molar-refractivity contribution in [1.29, 1.82) is 0 Å². The average Bonchev–Trinajstić information content (AvgIpc) is 2.57. The maximum atomic E-state index is 12.0. The molecular formula is C18H16N4O2. The van der Waals surface area contributed by atoms with Gasteiger partial charge in [0.1, 0.15) is 0 Å². The van der Waals surface area contributed by atoms with Crippen LogP contribution in [0.5, 0.6) is 0 Å². The van der Waals surface area contributed by atoms with Crippen LogP contribution < -0.4 is 16.2 Å². The van der Waals surface area contributed by atoms with Crippen LogP contribution >= 0.6 is 0 Å². The summed E-state index contributed by atoms with van der Waals surface area (Å²) in [7, 11) is 0. The number of para-hydroxylation sites is 1. The van der Waals surface area contributed by atoms with E-state index in [0.29, 0.717) is 11.4 Å². The second-order valence-electron chi connectivity index (χ2n) is 5.22. The molecule has 6 nitrogen and oxygen atoms in total. The van der Waals surface area contributed by atoms with E-state index in [0.717, 1.165) is 11.3 Å². The molecule has 0 spiro atoms. The first kappa shape index (κ1) is 15.5. The van der Waals surface area contributed by atoms with Gasteiger partial charge in [0, 0.05) is 30.1 Å². The van der Waals surface area contributed by atoms with Crippen molar-refractivity contribution in [1.82, 2.24) is 9.97 Å². The van der Waals surface area contributed by atoms with Crippen LogP contribution in [0, 0.1) is 0 Å². The molecule has 0 aliphatic heterocycles. The SMILES string of the molecule is CC(=O)Nc1cccc(-c2c[nH]c(=O)c(Nc3ccccc3)n2)c1. The Morgan fingerprint density at radius 3 is 2.54 bits per heavy atom. The fourth-order valence-electron chi connectivity index (χ4n) is 2.26. The number of H-pyrrole nitrogens is 1. The molecule has 3 N–H and O–H groups in total. The summed E-state index contributed by atoms with van der Waals surface area (Å²) in [5, 5.41) is 5.73. The van der Waals surface area contributed by atoms with Crippen LogP contribution in [-0.4, -0.2) is 15.9 Å². The average molecular weight is 320 g/mol. The van der Waals surface area contributed by atoms with Crippen molar-refractivity contribution < 1.29 is 4.79 Å². The lowest BCUT2D eigenvalue weighted by molar-refractivity contribution is -0.114. The monoisotopic (exact) mass is 320 g/mol. The van der Waals surface area contributed by atoms with Gasteiger partial charge in [0.15, 0.2) is 5.82 Å². The van der Waals surface area contributed by atoms with Gasteiger partial charge in [-0.05, 0) is 24.3 Å². The number of nitrogens with one attached hydrogen (secondary N) is 3. The first-order valence-electron chi connectivity index (χ1n) is 7.41. The van der Waals surface area contributed by atoms with Crippen molar-refractivity contribution in [2.45, 2.75) is 6.92 Å². The molecule has 0 saturated heterocycles. The number of carbonyl (C=O) groups is 1. The van der Waals surface area contributed by atoms with Crippen LogP contribution in [0.1, 0.15) is 6.92 Å². The Balaban J connectivity index is 1.94. The lowest BCUT2D eigenvalue weighted by Gasteiger charge is -2.08. The van der Waals surface area contributed by atoms with Crippen LogP contribution in [0.25, 0.3) is 11.3 Å². The number of hydrogen-bond acceptors (Lipinski definition) is 4.